The van der Waals surface area contributed by atoms with Gasteiger partial charge in [0.2, 0.25) is 0 Å². The van der Waals surface area contributed by atoms with E-state index >= 15 is 0 Å². The van der Waals surface area contributed by atoms with Crippen molar-refractivity contribution in [2.75, 3.05) is 6.61 Å². The molecule has 1 rings (SSSR count). The molecule has 0 aromatic heterocycles. The number of ether oxygens (including phenoxy) is 1. The SMILES string of the molecule is CCOc1c(Cl)cc(C=NNC(N)=O)cc1Br. The number of carbonyl (C=O) groups excluding carboxylic acids is 1. The fourth-order valence-electron chi connectivity index (χ4n) is 1.11. The molecule has 0 aliphatic carbocycles. The Hall–Kier alpha value is -1.27. The smallest absolute Gasteiger partial charge is 0.332 e. The predicted octanol–water partition coefficient (Wildman–Crippen LogP) is 2.50. The first-order valence-electron chi connectivity index (χ1n) is 4.75. The van der Waals surface area contributed by atoms with Gasteiger partial charge in [0.25, 0.3) is 0 Å². The molecule has 0 bridgehead atoms. The van der Waals surface area contributed by atoms with Crippen LogP contribution in [0.5, 0.6) is 5.75 Å². The highest BCUT2D eigenvalue weighted by Gasteiger charge is 2.07. The number of nitrogens with two attached hydrogens (primary N) is 1. The van der Waals surface area contributed by atoms with Gasteiger partial charge in [0.05, 0.1) is 22.3 Å². The van der Waals surface area contributed by atoms with E-state index in [1.165, 1.54) is 6.21 Å². The van der Waals surface area contributed by atoms with Crippen molar-refractivity contribution >= 4 is 39.8 Å². The second-order valence-corrected chi connectivity index (χ2v) is 4.24. The molecule has 0 radical (unpaired) electrons. The van der Waals surface area contributed by atoms with E-state index in [9.17, 15) is 4.79 Å². The number of nitrogens with zero attached hydrogens (tertiary/aromatic N) is 1. The summed E-state index contributed by atoms with van der Waals surface area (Å²) in [5, 5.41) is 4.09. The summed E-state index contributed by atoms with van der Waals surface area (Å²) in [6.45, 7) is 2.39. The minimum atomic E-state index is -0.725. The lowest BCUT2D eigenvalue weighted by molar-refractivity contribution is 0.249. The molecule has 0 saturated heterocycles. The summed E-state index contributed by atoms with van der Waals surface area (Å²) in [6.07, 6.45) is 1.43. The highest BCUT2D eigenvalue weighted by Crippen LogP contribution is 2.33. The van der Waals surface area contributed by atoms with Gasteiger partial charge in [0, 0.05) is 0 Å². The second kappa shape index (κ2) is 6.46. The number of hydrazone groups is 1. The summed E-state index contributed by atoms with van der Waals surface area (Å²) in [5.74, 6) is 0.578. The maximum absolute atomic E-state index is 10.4. The third-order valence-electron chi connectivity index (χ3n) is 1.70. The van der Waals surface area contributed by atoms with Crippen LogP contribution in [0.1, 0.15) is 12.5 Å². The molecule has 0 atom stereocenters. The summed E-state index contributed by atoms with van der Waals surface area (Å²) in [5.41, 5.74) is 7.66. The van der Waals surface area contributed by atoms with Gasteiger partial charge in [-0.15, -0.1) is 0 Å². The third kappa shape index (κ3) is 4.24. The summed E-state index contributed by atoms with van der Waals surface area (Å²) in [4.78, 5) is 10.4. The van der Waals surface area contributed by atoms with Crippen molar-refractivity contribution in [1.82, 2.24) is 5.43 Å². The molecule has 0 heterocycles. The molecule has 0 aliphatic rings. The summed E-state index contributed by atoms with van der Waals surface area (Å²) in [7, 11) is 0. The third-order valence-corrected chi connectivity index (χ3v) is 2.57. The molecule has 0 aliphatic heterocycles. The number of primary amides is 1. The van der Waals surface area contributed by atoms with Crippen LogP contribution in [0, 0.1) is 0 Å². The Morgan fingerprint density at radius 1 is 1.71 bits per heavy atom. The Bertz CT molecular complexity index is 428. The molecule has 7 heteroatoms. The van der Waals surface area contributed by atoms with Crippen molar-refractivity contribution in [2.45, 2.75) is 6.92 Å². The first-order chi connectivity index (χ1) is 8.04. The van der Waals surface area contributed by atoms with Crippen molar-refractivity contribution < 1.29 is 9.53 Å². The van der Waals surface area contributed by atoms with Crippen molar-refractivity contribution in [1.29, 1.82) is 0 Å². The number of amides is 2. The van der Waals surface area contributed by atoms with Crippen LogP contribution in [0.25, 0.3) is 0 Å². The highest BCUT2D eigenvalue weighted by molar-refractivity contribution is 9.10. The molecule has 3 N–H and O–H groups in total. The van der Waals surface area contributed by atoms with E-state index in [2.05, 4.69) is 26.5 Å². The van der Waals surface area contributed by atoms with Gasteiger partial charge in [-0.25, -0.2) is 10.2 Å². The Morgan fingerprint density at radius 3 is 2.94 bits per heavy atom. The molecular weight excluding hydrogens is 309 g/mol. The van der Waals surface area contributed by atoms with Crippen LogP contribution in [0.15, 0.2) is 21.7 Å². The van der Waals surface area contributed by atoms with E-state index in [1.54, 1.807) is 12.1 Å². The van der Waals surface area contributed by atoms with Crippen LogP contribution in [-0.2, 0) is 0 Å². The fourth-order valence-corrected chi connectivity index (χ4v) is 2.10. The number of carbonyl (C=O) groups is 1. The quantitative estimate of drug-likeness (QED) is 0.660. The Balaban J connectivity index is 2.90. The van der Waals surface area contributed by atoms with E-state index in [1.807, 2.05) is 6.92 Å². The lowest BCUT2D eigenvalue weighted by atomic mass is 10.2. The number of rotatable bonds is 4. The molecule has 1 aromatic carbocycles. The zero-order valence-electron chi connectivity index (χ0n) is 9.04. The Morgan fingerprint density at radius 2 is 2.41 bits per heavy atom. The van der Waals surface area contributed by atoms with E-state index < -0.39 is 6.03 Å². The molecule has 0 saturated carbocycles. The van der Waals surface area contributed by atoms with Gasteiger partial charge >= 0.3 is 6.03 Å². The lowest BCUT2D eigenvalue weighted by Gasteiger charge is -2.08. The van der Waals surface area contributed by atoms with Gasteiger partial charge in [0.1, 0.15) is 0 Å². The average Bonchev–Trinajstić information content (AvgIpc) is 2.23. The summed E-state index contributed by atoms with van der Waals surface area (Å²) >= 11 is 9.36. The van der Waals surface area contributed by atoms with Crippen molar-refractivity contribution in [2.24, 2.45) is 10.8 Å². The molecule has 2 amide bonds. The fraction of sp³-hybridized carbons (Fsp3) is 0.200. The zero-order valence-corrected chi connectivity index (χ0v) is 11.4. The maximum atomic E-state index is 10.4. The first kappa shape index (κ1) is 13.8. The van der Waals surface area contributed by atoms with Crippen LogP contribution in [0.4, 0.5) is 4.79 Å². The van der Waals surface area contributed by atoms with Gasteiger partial charge in [-0.05, 0) is 40.5 Å². The number of hydrogen-bond acceptors (Lipinski definition) is 3. The van der Waals surface area contributed by atoms with Crippen molar-refractivity contribution in [3.63, 3.8) is 0 Å². The molecular formula is C10H11BrClN3O2. The van der Waals surface area contributed by atoms with Crippen LogP contribution in [0.3, 0.4) is 0 Å². The molecule has 92 valence electrons. The van der Waals surface area contributed by atoms with Crippen LogP contribution in [0.2, 0.25) is 5.02 Å². The first-order valence-corrected chi connectivity index (χ1v) is 5.92. The lowest BCUT2D eigenvalue weighted by Crippen LogP contribution is -2.24. The van der Waals surface area contributed by atoms with Crippen molar-refractivity contribution in [3.8, 4) is 5.75 Å². The number of urea groups is 1. The van der Waals surface area contributed by atoms with Crippen LogP contribution < -0.4 is 15.9 Å². The van der Waals surface area contributed by atoms with Crippen LogP contribution in [-0.4, -0.2) is 18.9 Å². The molecule has 1 aromatic rings. The molecule has 0 fully saturated rings. The average molecular weight is 321 g/mol. The van der Waals surface area contributed by atoms with Gasteiger partial charge in [-0.3, -0.25) is 0 Å². The summed E-state index contributed by atoms with van der Waals surface area (Å²) in [6, 6.07) is 2.71. The van der Waals surface area contributed by atoms with Gasteiger partial charge in [0.15, 0.2) is 5.75 Å². The number of hydrogen-bond donors (Lipinski definition) is 2. The number of benzene rings is 1. The monoisotopic (exact) mass is 319 g/mol. The highest BCUT2D eigenvalue weighted by atomic mass is 79.9. The van der Waals surface area contributed by atoms with Gasteiger partial charge < -0.3 is 10.5 Å². The van der Waals surface area contributed by atoms with Crippen molar-refractivity contribution in [3.05, 3.63) is 27.2 Å². The zero-order chi connectivity index (χ0) is 12.8. The van der Waals surface area contributed by atoms with E-state index in [-0.39, 0.29) is 0 Å². The van der Waals surface area contributed by atoms with E-state index in [0.29, 0.717) is 27.4 Å². The molecule has 17 heavy (non-hydrogen) atoms. The van der Waals surface area contributed by atoms with Gasteiger partial charge in [-0.1, -0.05) is 11.6 Å². The second-order valence-electron chi connectivity index (χ2n) is 2.98. The largest absolute Gasteiger partial charge is 0.491 e. The minimum Gasteiger partial charge on any atom is -0.491 e. The molecule has 5 nitrogen and oxygen atoms in total. The Kier molecular flexibility index (Phi) is 5.24. The molecule has 0 unspecified atom stereocenters. The predicted molar refractivity (Wildman–Crippen MR) is 70.6 cm³/mol. The normalized spacial score (nSPS) is 10.5. The topological polar surface area (TPSA) is 76.7 Å². The standard InChI is InChI=1S/C10H11BrClN3O2/c1-2-17-9-7(11)3-6(4-8(9)12)5-14-15-10(13)16/h3-5H,2H2,1H3,(H3,13,15,16). The Labute approximate surface area is 112 Å². The van der Waals surface area contributed by atoms with Gasteiger partial charge in [-0.2, -0.15) is 5.10 Å². The molecule has 0 spiro atoms. The van der Waals surface area contributed by atoms with E-state index in [4.69, 9.17) is 22.1 Å². The summed E-state index contributed by atoms with van der Waals surface area (Å²) < 4.78 is 6.07. The van der Waals surface area contributed by atoms with Crippen LogP contribution >= 0.6 is 27.5 Å². The number of nitrogens with one attached hydrogen (secondary N) is 1. The minimum absolute atomic E-state index is 0.460. The number of halogens is 2. The maximum Gasteiger partial charge on any atom is 0.332 e. The van der Waals surface area contributed by atoms with E-state index in [0.717, 1.165) is 0 Å².